The topological polar surface area (TPSA) is 70.5 Å². The molecule has 0 radical (unpaired) electrons. The molecule has 1 saturated heterocycles. The maximum absolute atomic E-state index is 11.8. The van der Waals surface area contributed by atoms with Crippen LogP contribution in [-0.4, -0.2) is 48.2 Å². The van der Waals surface area contributed by atoms with E-state index in [1.54, 1.807) is 22.7 Å². The fraction of sp³-hybridized carbons (Fsp3) is 0.545. The Labute approximate surface area is 121 Å². The van der Waals surface area contributed by atoms with Crippen molar-refractivity contribution in [2.75, 3.05) is 29.2 Å². The van der Waals surface area contributed by atoms with Gasteiger partial charge in [0, 0.05) is 36.1 Å². The number of hydrogen-bond acceptors (Lipinski definition) is 6. The van der Waals surface area contributed by atoms with Gasteiger partial charge in [-0.15, -0.1) is 0 Å². The van der Waals surface area contributed by atoms with E-state index in [0.717, 1.165) is 5.75 Å². The molecular formula is C11H15ClN2O3S2. The van der Waals surface area contributed by atoms with E-state index in [0.29, 0.717) is 28.7 Å². The number of hydrogen-bond donors (Lipinski definition) is 1. The molecule has 1 aromatic heterocycles. The Morgan fingerprint density at radius 1 is 1.63 bits per heavy atom. The molecule has 106 valence electrons. The summed E-state index contributed by atoms with van der Waals surface area (Å²) in [5, 5.41) is 9.02. The molecule has 2 heterocycles. The summed E-state index contributed by atoms with van der Waals surface area (Å²) in [4.78, 5) is 5.95. The quantitative estimate of drug-likeness (QED) is 0.900. The molecule has 0 aromatic carbocycles. The second-order valence-corrected chi connectivity index (χ2v) is 8.10. The summed E-state index contributed by atoms with van der Waals surface area (Å²) in [5.74, 6) is 1.92. The fourth-order valence-electron chi connectivity index (χ4n) is 1.94. The third-order valence-corrected chi connectivity index (χ3v) is 5.95. The molecule has 2 rings (SSSR count). The van der Waals surface area contributed by atoms with Gasteiger partial charge < -0.3 is 10.0 Å². The van der Waals surface area contributed by atoms with E-state index >= 15 is 0 Å². The van der Waals surface area contributed by atoms with Gasteiger partial charge in [-0.05, 0) is 6.07 Å². The number of nitrogens with zero attached hydrogens (tertiary/aromatic N) is 2. The van der Waals surface area contributed by atoms with Crippen LogP contribution in [0.4, 0.5) is 5.82 Å². The lowest BCUT2D eigenvalue weighted by Gasteiger charge is -2.35. The molecule has 0 spiro atoms. The van der Waals surface area contributed by atoms with Crippen molar-refractivity contribution in [1.82, 2.24) is 4.98 Å². The lowest BCUT2D eigenvalue weighted by atomic mass is 10.2. The van der Waals surface area contributed by atoms with Crippen molar-refractivity contribution in [3.05, 3.63) is 22.8 Å². The Morgan fingerprint density at radius 3 is 3.00 bits per heavy atom. The molecule has 0 saturated carbocycles. The van der Waals surface area contributed by atoms with E-state index in [4.69, 9.17) is 11.6 Å². The predicted molar refractivity (Wildman–Crippen MR) is 78.5 cm³/mol. The zero-order valence-corrected chi connectivity index (χ0v) is 12.8. The molecule has 0 bridgehead atoms. The third-order valence-electron chi connectivity index (χ3n) is 2.96. The van der Waals surface area contributed by atoms with Gasteiger partial charge in [0.15, 0.2) is 9.84 Å². The number of anilines is 1. The first-order valence-electron chi connectivity index (χ1n) is 5.72. The van der Waals surface area contributed by atoms with E-state index in [2.05, 4.69) is 4.98 Å². The monoisotopic (exact) mass is 322 g/mol. The standard InChI is InChI=1S/C11H15ClN2O3S2/c1-19(16,17)11-7-18-3-2-14(11)10-4-8(6-15)9(12)5-13-10/h4-5,11,15H,2-3,6-7H2,1H3. The molecule has 1 aliphatic heterocycles. The van der Waals surface area contributed by atoms with Crippen LogP contribution in [0.5, 0.6) is 0 Å². The molecule has 1 unspecified atom stereocenters. The molecule has 0 amide bonds. The van der Waals surface area contributed by atoms with Gasteiger partial charge in [0.1, 0.15) is 11.2 Å². The van der Waals surface area contributed by atoms with Crippen LogP contribution < -0.4 is 4.90 Å². The number of thioether (sulfide) groups is 1. The zero-order valence-electron chi connectivity index (χ0n) is 10.4. The van der Waals surface area contributed by atoms with Gasteiger partial charge >= 0.3 is 0 Å². The van der Waals surface area contributed by atoms with E-state index in [1.807, 2.05) is 0 Å². The molecule has 5 nitrogen and oxygen atoms in total. The highest BCUT2D eigenvalue weighted by molar-refractivity contribution is 8.01. The van der Waals surface area contributed by atoms with Gasteiger partial charge in [-0.2, -0.15) is 11.8 Å². The number of pyridine rings is 1. The third kappa shape index (κ3) is 3.34. The number of sulfone groups is 1. The molecule has 1 aromatic rings. The van der Waals surface area contributed by atoms with Crippen molar-refractivity contribution in [2.24, 2.45) is 0 Å². The summed E-state index contributed by atoms with van der Waals surface area (Å²) >= 11 is 7.52. The summed E-state index contributed by atoms with van der Waals surface area (Å²) < 4.78 is 23.7. The summed E-state index contributed by atoms with van der Waals surface area (Å²) in [6, 6.07) is 1.65. The van der Waals surface area contributed by atoms with Crippen LogP contribution in [-0.2, 0) is 16.4 Å². The van der Waals surface area contributed by atoms with Crippen LogP contribution in [0.2, 0.25) is 5.02 Å². The summed E-state index contributed by atoms with van der Waals surface area (Å²) in [5.41, 5.74) is 0.553. The van der Waals surface area contributed by atoms with Gasteiger partial charge in [0.25, 0.3) is 0 Å². The van der Waals surface area contributed by atoms with Crippen LogP contribution in [0.25, 0.3) is 0 Å². The highest BCUT2D eigenvalue weighted by Gasteiger charge is 2.32. The lowest BCUT2D eigenvalue weighted by Crippen LogP contribution is -2.47. The Morgan fingerprint density at radius 2 is 2.37 bits per heavy atom. The second-order valence-electron chi connectivity index (χ2n) is 4.34. The minimum atomic E-state index is -3.18. The summed E-state index contributed by atoms with van der Waals surface area (Å²) in [6.45, 7) is 0.419. The Kier molecular flexibility index (Phi) is 4.60. The van der Waals surface area contributed by atoms with Crippen LogP contribution in [0, 0.1) is 0 Å². The van der Waals surface area contributed by atoms with Gasteiger partial charge in [0.05, 0.1) is 11.6 Å². The van der Waals surface area contributed by atoms with Gasteiger partial charge in [-0.1, -0.05) is 11.6 Å². The predicted octanol–water partition coefficient (Wildman–Crippen LogP) is 1.15. The lowest BCUT2D eigenvalue weighted by molar-refractivity contribution is 0.282. The number of aromatic nitrogens is 1. The molecular weight excluding hydrogens is 308 g/mol. The normalized spacial score (nSPS) is 20.6. The van der Waals surface area contributed by atoms with Gasteiger partial charge in [-0.3, -0.25) is 0 Å². The first kappa shape index (κ1) is 14.9. The SMILES string of the molecule is CS(=O)(=O)C1CSCCN1c1cc(CO)c(Cl)cn1. The zero-order chi connectivity index (χ0) is 14.0. The van der Waals surface area contributed by atoms with Gasteiger partial charge in [0.2, 0.25) is 0 Å². The average molecular weight is 323 g/mol. The van der Waals surface area contributed by atoms with Crippen LogP contribution >= 0.6 is 23.4 Å². The van der Waals surface area contributed by atoms with Gasteiger partial charge in [-0.25, -0.2) is 13.4 Å². The first-order valence-corrected chi connectivity index (χ1v) is 9.20. The molecule has 19 heavy (non-hydrogen) atoms. The van der Waals surface area contributed by atoms with Crippen molar-refractivity contribution < 1.29 is 13.5 Å². The fourth-order valence-corrected chi connectivity index (χ4v) is 4.93. The molecule has 1 N–H and O–H groups in total. The number of aliphatic hydroxyl groups is 1. The smallest absolute Gasteiger partial charge is 0.169 e. The molecule has 1 atom stereocenters. The number of aliphatic hydroxyl groups excluding tert-OH is 1. The minimum absolute atomic E-state index is 0.194. The van der Waals surface area contributed by atoms with Crippen LogP contribution in [0.3, 0.4) is 0 Å². The number of rotatable bonds is 3. The van der Waals surface area contributed by atoms with Crippen LogP contribution in [0.1, 0.15) is 5.56 Å². The van der Waals surface area contributed by atoms with Crippen molar-refractivity contribution in [2.45, 2.75) is 12.0 Å². The largest absolute Gasteiger partial charge is 0.392 e. The van der Waals surface area contributed by atoms with Crippen molar-refractivity contribution in [1.29, 1.82) is 0 Å². The molecule has 8 heteroatoms. The highest BCUT2D eigenvalue weighted by atomic mass is 35.5. The Hall–Kier alpha value is -0.500. The summed E-state index contributed by atoms with van der Waals surface area (Å²) in [6.07, 6.45) is 2.68. The highest BCUT2D eigenvalue weighted by Crippen LogP contribution is 2.27. The van der Waals surface area contributed by atoms with Crippen molar-refractivity contribution in [3.8, 4) is 0 Å². The van der Waals surface area contributed by atoms with Crippen molar-refractivity contribution in [3.63, 3.8) is 0 Å². The van der Waals surface area contributed by atoms with Crippen LogP contribution in [0.15, 0.2) is 12.3 Å². The van der Waals surface area contributed by atoms with E-state index in [-0.39, 0.29) is 6.61 Å². The van der Waals surface area contributed by atoms with E-state index in [1.165, 1.54) is 12.5 Å². The maximum Gasteiger partial charge on any atom is 0.169 e. The number of halogens is 1. The first-order chi connectivity index (χ1) is 8.93. The minimum Gasteiger partial charge on any atom is -0.392 e. The van der Waals surface area contributed by atoms with Crippen molar-refractivity contribution >= 4 is 39.0 Å². The average Bonchev–Trinajstić information content (AvgIpc) is 2.38. The Bertz CT molecular complexity index is 565. The molecule has 1 aliphatic rings. The molecule has 0 aliphatic carbocycles. The summed E-state index contributed by atoms with van der Waals surface area (Å²) in [7, 11) is -3.18. The van der Waals surface area contributed by atoms with E-state index < -0.39 is 15.2 Å². The molecule has 1 fully saturated rings. The second kappa shape index (κ2) is 5.87. The maximum atomic E-state index is 11.8. The van der Waals surface area contributed by atoms with E-state index in [9.17, 15) is 13.5 Å². The Balaban J connectivity index is 2.38.